The van der Waals surface area contributed by atoms with Crippen LogP contribution in [0.4, 0.5) is 0 Å². The van der Waals surface area contributed by atoms with Crippen LogP contribution in [-0.2, 0) is 32.7 Å². The Morgan fingerprint density at radius 2 is 1.21 bits per heavy atom. The van der Waals surface area contributed by atoms with Crippen LogP contribution in [0.1, 0.15) is 162 Å². The van der Waals surface area contributed by atoms with E-state index in [0.29, 0.717) is 32.1 Å². The molecule has 57 heavy (non-hydrogen) atoms. The van der Waals surface area contributed by atoms with Crippen LogP contribution >= 0.6 is 7.82 Å². The summed E-state index contributed by atoms with van der Waals surface area (Å²) in [5, 5.41) is 28.3. The molecule has 2 unspecified atom stereocenters. The minimum atomic E-state index is -4.65. The highest BCUT2D eigenvalue weighted by atomic mass is 31.2. The van der Waals surface area contributed by atoms with E-state index in [1.165, 1.54) is 64.2 Å². The number of rotatable bonds is 39. The van der Waals surface area contributed by atoms with Crippen LogP contribution in [0.3, 0.4) is 0 Å². The maximum absolute atomic E-state index is 12.6. The van der Waals surface area contributed by atoms with Crippen molar-refractivity contribution < 1.29 is 52.9 Å². The fraction of sp³-hybridized carbons (Fsp3) is 0.733. The minimum Gasteiger partial charge on any atom is -0.462 e. The van der Waals surface area contributed by atoms with Crippen LogP contribution in [-0.4, -0.2) is 76.9 Å². The fourth-order valence-corrected chi connectivity index (χ4v) is 6.38. The molecule has 0 saturated carbocycles. The average Bonchev–Trinajstić information content (AvgIpc) is 3.18. The van der Waals surface area contributed by atoms with Gasteiger partial charge in [0.1, 0.15) is 12.7 Å². The van der Waals surface area contributed by atoms with Crippen LogP contribution in [0, 0.1) is 5.92 Å². The van der Waals surface area contributed by atoms with Gasteiger partial charge in [-0.25, -0.2) is 4.57 Å². The third-order valence-electron chi connectivity index (χ3n) is 8.94. The molecule has 0 saturated heterocycles. The zero-order valence-corrected chi connectivity index (χ0v) is 36.5. The first-order valence-electron chi connectivity index (χ1n) is 21.7. The molecule has 0 amide bonds. The standard InChI is InChI=1S/C45H79O11P/c1-4-5-6-7-22-27-32-41(47)33-28-23-18-15-16-20-25-30-35-45(50)56-43(39-55-57(51,52)54-37-42(48)36-46)38-53-44(49)34-29-24-19-14-12-10-8-9-11-13-17-21-26-31-40(2)3/h5-6,16,18,20,22-23,27-28,33,40-43,46-48H,4,7-15,17,19,21,24-26,29-32,34-39H2,1-3H3,(H,51,52)/b6-5-,20-16-,23-18-,27-22-,33-28+/t41?,42-,43+/m0/s1. The van der Waals surface area contributed by atoms with Crippen LogP contribution < -0.4 is 0 Å². The molecule has 0 aromatic carbocycles. The molecule has 0 aliphatic heterocycles. The minimum absolute atomic E-state index is 0.0726. The van der Waals surface area contributed by atoms with Crippen molar-refractivity contribution in [3.8, 4) is 0 Å². The van der Waals surface area contributed by atoms with E-state index in [1.807, 2.05) is 42.5 Å². The van der Waals surface area contributed by atoms with Gasteiger partial charge in [0, 0.05) is 12.8 Å². The molecule has 0 aliphatic rings. The monoisotopic (exact) mass is 827 g/mol. The predicted molar refractivity (Wildman–Crippen MR) is 229 cm³/mol. The van der Waals surface area contributed by atoms with Gasteiger partial charge in [0.05, 0.1) is 25.9 Å². The van der Waals surface area contributed by atoms with E-state index in [0.717, 1.165) is 38.0 Å². The van der Waals surface area contributed by atoms with Crippen molar-refractivity contribution in [3.05, 3.63) is 60.8 Å². The molecule has 0 aromatic rings. The average molecular weight is 827 g/mol. The lowest BCUT2D eigenvalue weighted by Crippen LogP contribution is -2.29. The molecule has 11 nitrogen and oxygen atoms in total. The van der Waals surface area contributed by atoms with Gasteiger partial charge in [0.15, 0.2) is 6.10 Å². The Morgan fingerprint density at radius 3 is 1.84 bits per heavy atom. The second-order valence-electron chi connectivity index (χ2n) is 15.0. The summed E-state index contributed by atoms with van der Waals surface area (Å²) in [5.41, 5.74) is 0. The predicted octanol–water partition coefficient (Wildman–Crippen LogP) is 10.3. The zero-order valence-electron chi connectivity index (χ0n) is 35.6. The van der Waals surface area contributed by atoms with Crippen molar-refractivity contribution in [2.24, 2.45) is 5.92 Å². The zero-order chi connectivity index (χ0) is 42.2. The third kappa shape index (κ3) is 40.2. The Bertz CT molecular complexity index is 1160. The number of carbonyl (C=O) groups is 2. The first-order chi connectivity index (χ1) is 27.5. The molecule has 330 valence electrons. The Hall–Kier alpha value is -2.37. The summed E-state index contributed by atoms with van der Waals surface area (Å²) in [5.74, 6) is -0.224. The lowest BCUT2D eigenvalue weighted by molar-refractivity contribution is -0.161. The molecular weight excluding hydrogens is 747 g/mol. The summed E-state index contributed by atoms with van der Waals surface area (Å²) < 4.78 is 32.6. The van der Waals surface area contributed by atoms with E-state index in [4.69, 9.17) is 19.1 Å². The SMILES string of the molecule is CC/C=C\C/C=C\CC(O)/C=C/C=C\C/C=C\CCCC(=O)O[C@H](COC(=O)CCCCCCCCCCCCCCCC(C)C)COP(=O)(O)OC[C@@H](O)CO. The van der Waals surface area contributed by atoms with E-state index in [2.05, 4.69) is 37.4 Å². The first-order valence-corrected chi connectivity index (χ1v) is 23.2. The number of aliphatic hydroxyl groups is 3. The largest absolute Gasteiger partial charge is 0.472 e. The van der Waals surface area contributed by atoms with Gasteiger partial charge in [0.2, 0.25) is 0 Å². The van der Waals surface area contributed by atoms with E-state index in [9.17, 15) is 29.3 Å². The maximum atomic E-state index is 12.6. The maximum Gasteiger partial charge on any atom is 0.472 e. The summed E-state index contributed by atoms with van der Waals surface area (Å²) in [6, 6.07) is 0. The number of unbranched alkanes of at least 4 members (excludes halogenated alkanes) is 13. The number of hydrogen-bond donors (Lipinski definition) is 4. The Balaban J connectivity index is 4.45. The van der Waals surface area contributed by atoms with Crippen molar-refractivity contribution in [1.82, 2.24) is 0 Å². The van der Waals surface area contributed by atoms with E-state index >= 15 is 0 Å². The molecule has 0 heterocycles. The lowest BCUT2D eigenvalue weighted by atomic mass is 10.0. The number of ether oxygens (including phenoxy) is 2. The van der Waals surface area contributed by atoms with Gasteiger partial charge in [-0.15, -0.1) is 0 Å². The molecule has 0 aromatic heterocycles. The van der Waals surface area contributed by atoms with Crippen molar-refractivity contribution in [1.29, 1.82) is 0 Å². The third-order valence-corrected chi connectivity index (χ3v) is 9.90. The van der Waals surface area contributed by atoms with Crippen LogP contribution in [0.5, 0.6) is 0 Å². The Kier molecular flexibility index (Phi) is 37.5. The quantitative estimate of drug-likeness (QED) is 0.0153. The number of aliphatic hydroxyl groups excluding tert-OH is 3. The van der Waals surface area contributed by atoms with Crippen LogP contribution in [0.25, 0.3) is 0 Å². The van der Waals surface area contributed by atoms with Crippen LogP contribution in [0.15, 0.2) is 60.8 Å². The van der Waals surface area contributed by atoms with Gasteiger partial charge in [-0.3, -0.25) is 18.6 Å². The molecule has 0 spiro atoms. The summed E-state index contributed by atoms with van der Waals surface area (Å²) in [6.45, 7) is 4.43. The molecule has 0 bridgehead atoms. The number of phosphoric ester groups is 1. The highest BCUT2D eigenvalue weighted by Crippen LogP contribution is 2.43. The number of esters is 2. The number of carbonyl (C=O) groups excluding carboxylic acids is 2. The van der Waals surface area contributed by atoms with E-state index in [1.54, 1.807) is 6.08 Å². The van der Waals surface area contributed by atoms with Crippen molar-refractivity contribution >= 4 is 19.8 Å². The highest BCUT2D eigenvalue weighted by molar-refractivity contribution is 7.47. The number of allylic oxidation sites excluding steroid dienone is 8. The normalized spacial score (nSPS) is 15.1. The molecule has 4 N–H and O–H groups in total. The van der Waals surface area contributed by atoms with E-state index in [-0.39, 0.29) is 19.4 Å². The van der Waals surface area contributed by atoms with Gasteiger partial charge >= 0.3 is 19.8 Å². The smallest absolute Gasteiger partial charge is 0.462 e. The van der Waals surface area contributed by atoms with Crippen molar-refractivity contribution in [2.75, 3.05) is 26.4 Å². The summed E-state index contributed by atoms with van der Waals surface area (Å²) >= 11 is 0. The number of phosphoric acid groups is 1. The summed E-state index contributed by atoms with van der Waals surface area (Å²) in [7, 11) is -4.65. The molecule has 0 fully saturated rings. The van der Waals surface area contributed by atoms with Gasteiger partial charge in [0.25, 0.3) is 0 Å². The van der Waals surface area contributed by atoms with Crippen molar-refractivity contribution in [3.63, 3.8) is 0 Å². The highest BCUT2D eigenvalue weighted by Gasteiger charge is 2.27. The Labute approximate surface area is 345 Å². The first kappa shape index (κ1) is 54.6. The lowest BCUT2D eigenvalue weighted by Gasteiger charge is -2.20. The molecule has 4 atom stereocenters. The topological polar surface area (TPSA) is 169 Å². The van der Waals surface area contributed by atoms with Gasteiger partial charge in [-0.2, -0.15) is 0 Å². The Morgan fingerprint density at radius 1 is 0.649 bits per heavy atom. The molecular formula is C45H79O11P. The number of hydrogen-bond acceptors (Lipinski definition) is 10. The molecule has 12 heteroatoms. The van der Waals surface area contributed by atoms with Gasteiger partial charge in [-0.1, -0.05) is 165 Å². The summed E-state index contributed by atoms with van der Waals surface area (Å²) in [6.07, 6.45) is 38.0. The fourth-order valence-electron chi connectivity index (χ4n) is 5.59. The van der Waals surface area contributed by atoms with Crippen molar-refractivity contribution in [2.45, 2.75) is 180 Å². The summed E-state index contributed by atoms with van der Waals surface area (Å²) in [4.78, 5) is 35.0. The van der Waals surface area contributed by atoms with E-state index < -0.39 is 57.9 Å². The molecule has 0 aliphatic carbocycles. The molecule has 0 radical (unpaired) electrons. The van der Waals surface area contributed by atoms with Gasteiger partial charge < -0.3 is 29.7 Å². The van der Waals surface area contributed by atoms with Crippen LogP contribution in [0.2, 0.25) is 0 Å². The second kappa shape index (κ2) is 39.1. The van der Waals surface area contributed by atoms with Gasteiger partial charge in [-0.05, 0) is 50.9 Å². The second-order valence-corrected chi connectivity index (χ2v) is 16.5. The molecule has 0 rings (SSSR count).